The molecule has 1 heterocycles. The zero-order chi connectivity index (χ0) is 56.0. The third kappa shape index (κ3) is 14.9. The zero-order valence-electron chi connectivity index (χ0n) is 42.1. The van der Waals surface area contributed by atoms with Crippen LogP contribution in [0.3, 0.4) is 0 Å². The molecule has 27 heteroatoms. The Morgan fingerprint density at radius 2 is 0.551 bits per heavy atom. The van der Waals surface area contributed by atoms with Gasteiger partial charge in [0.15, 0.2) is 0 Å². The number of azo groups is 3. The Morgan fingerprint density at radius 3 is 0.731 bits per heavy atom. The normalized spacial score (nSPS) is 12.7. The number of nitrogens with zero attached hydrogens (tertiary/aromatic N) is 15. The highest BCUT2D eigenvalue weighted by Crippen LogP contribution is 2.27. The van der Waals surface area contributed by atoms with Crippen molar-refractivity contribution in [3.8, 4) is 0 Å². The zero-order valence-corrected chi connectivity index (χ0v) is 42.1. The van der Waals surface area contributed by atoms with E-state index in [-0.39, 0.29) is 36.7 Å². The first-order valence-corrected chi connectivity index (χ1v) is 23.7. The van der Waals surface area contributed by atoms with E-state index >= 15 is 0 Å². The molecule has 0 bridgehead atoms. The Morgan fingerprint density at radius 1 is 0.372 bits per heavy atom. The number of nitro groups is 3. The number of aromatic nitrogens is 3. The number of rotatable bonds is 24. The standard InChI is InChI=1S/C51H51N15O12/c1-58(40-16-4-34(5-17-40)52-55-37-10-22-43(23-11-37)64(73)74)28-46(67)31-61-49(70)62(32-47(68)29-59(2)41-18-6-35(7-19-41)53-56-38-12-24-44(25-13-38)65(75)76)51(72)63(50(61)71)33-48(69)30-60(3)42-20-8-36(9-21-42)54-57-39-14-26-45(27-15-39)66(77)78/h4-27,46-48,67-69H,28-33H2,1-3H3. The van der Waals surface area contributed by atoms with Crippen molar-refractivity contribution in [3.63, 3.8) is 0 Å². The van der Waals surface area contributed by atoms with Gasteiger partial charge in [-0.3, -0.25) is 30.3 Å². The molecular formula is C51H51N15O12. The summed E-state index contributed by atoms with van der Waals surface area (Å²) in [5, 5.41) is 91.9. The van der Waals surface area contributed by atoms with E-state index in [1.54, 1.807) is 109 Å². The Labute approximate surface area is 442 Å². The summed E-state index contributed by atoms with van der Waals surface area (Å²) in [7, 11) is 4.99. The number of benzene rings is 6. The molecule has 7 rings (SSSR count). The van der Waals surface area contributed by atoms with Crippen molar-refractivity contribution in [1.29, 1.82) is 0 Å². The number of hydrogen-bond donors (Lipinski definition) is 3. The SMILES string of the molecule is CN(CC(O)Cn1c(=O)n(CC(O)CN(C)c2ccc(N=Nc3ccc([N+](=O)[O-])cc3)cc2)c(=O)n(CC(O)CN(C)c2ccc(N=Nc3ccc([N+](=O)[O-])cc3)cc2)c1=O)c1ccc(N=Nc2ccc([N+](=O)[O-])cc2)cc1. The van der Waals surface area contributed by atoms with Crippen molar-refractivity contribution in [2.75, 3.05) is 55.5 Å². The van der Waals surface area contributed by atoms with Crippen LogP contribution in [0.15, 0.2) is 191 Å². The highest BCUT2D eigenvalue weighted by atomic mass is 16.6. The van der Waals surface area contributed by atoms with Crippen LogP contribution in [0.2, 0.25) is 0 Å². The van der Waals surface area contributed by atoms with E-state index in [0.29, 0.717) is 64.9 Å². The van der Waals surface area contributed by atoms with Gasteiger partial charge in [-0.05, 0) is 109 Å². The second-order valence-electron chi connectivity index (χ2n) is 17.8. The third-order valence-electron chi connectivity index (χ3n) is 11.9. The molecule has 0 aliphatic carbocycles. The van der Waals surface area contributed by atoms with Gasteiger partial charge in [0, 0.05) is 94.2 Å². The number of aliphatic hydroxyl groups excluding tert-OH is 3. The van der Waals surface area contributed by atoms with Crippen LogP contribution in [-0.4, -0.2) is 103 Å². The summed E-state index contributed by atoms with van der Waals surface area (Å²) in [6.45, 7) is -2.08. The van der Waals surface area contributed by atoms with Crippen molar-refractivity contribution in [3.05, 3.63) is 207 Å². The summed E-state index contributed by atoms with van der Waals surface area (Å²) in [4.78, 5) is 78.7. The molecule has 402 valence electrons. The van der Waals surface area contributed by atoms with Crippen LogP contribution < -0.4 is 31.8 Å². The van der Waals surface area contributed by atoms with E-state index < -0.39 is 69.8 Å². The molecule has 3 atom stereocenters. The molecule has 78 heavy (non-hydrogen) atoms. The Bertz CT molecular complexity index is 3100. The molecule has 3 unspecified atom stereocenters. The fourth-order valence-corrected chi connectivity index (χ4v) is 7.81. The summed E-state index contributed by atoms with van der Waals surface area (Å²) >= 11 is 0. The van der Waals surface area contributed by atoms with Gasteiger partial charge in [-0.1, -0.05) is 0 Å². The quantitative estimate of drug-likeness (QED) is 0.0297. The molecule has 0 saturated carbocycles. The highest BCUT2D eigenvalue weighted by Gasteiger charge is 2.24. The maximum atomic E-state index is 14.1. The minimum absolute atomic E-state index is 0.0869. The molecule has 1 aromatic heterocycles. The fraction of sp³-hybridized carbons (Fsp3) is 0.235. The monoisotopic (exact) mass is 1070 g/mol. The maximum absolute atomic E-state index is 14.1. The van der Waals surface area contributed by atoms with Gasteiger partial charge in [-0.25, -0.2) is 28.1 Å². The molecule has 0 spiro atoms. The van der Waals surface area contributed by atoms with Gasteiger partial charge in [0.2, 0.25) is 0 Å². The predicted octanol–water partition coefficient (Wildman–Crippen LogP) is 7.63. The van der Waals surface area contributed by atoms with Gasteiger partial charge in [0.25, 0.3) is 17.1 Å². The second-order valence-corrected chi connectivity index (χ2v) is 17.8. The second kappa shape index (κ2) is 25.5. The Hall–Kier alpha value is -9.99. The molecule has 7 aromatic rings. The molecular weight excluding hydrogens is 1010 g/mol. The predicted molar refractivity (Wildman–Crippen MR) is 288 cm³/mol. The number of aliphatic hydroxyl groups is 3. The van der Waals surface area contributed by atoms with Gasteiger partial charge < -0.3 is 30.0 Å². The lowest BCUT2D eigenvalue weighted by atomic mass is 10.2. The van der Waals surface area contributed by atoms with Gasteiger partial charge in [0.05, 0.1) is 86.8 Å². The van der Waals surface area contributed by atoms with E-state index in [1.165, 1.54) is 72.8 Å². The summed E-state index contributed by atoms with van der Waals surface area (Å²) in [6, 6.07) is 36.7. The van der Waals surface area contributed by atoms with Crippen LogP contribution in [0.25, 0.3) is 0 Å². The first-order valence-electron chi connectivity index (χ1n) is 23.7. The highest BCUT2D eigenvalue weighted by molar-refractivity contribution is 5.55. The molecule has 0 saturated heterocycles. The Balaban J connectivity index is 1.06. The number of hydrogen-bond acceptors (Lipinski definition) is 21. The van der Waals surface area contributed by atoms with Crippen molar-refractivity contribution in [1.82, 2.24) is 13.7 Å². The van der Waals surface area contributed by atoms with E-state index in [1.807, 2.05) is 0 Å². The molecule has 0 fully saturated rings. The average molecular weight is 1070 g/mol. The van der Waals surface area contributed by atoms with Crippen LogP contribution in [0.4, 0.5) is 68.2 Å². The molecule has 6 aromatic carbocycles. The molecule has 3 N–H and O–H groups in total. The minimum Gasteiger partial charge on any atom is -0.389 e. The summed E-state index contributed by atoms with van der Waals surface area (Å²) in [5.41, 5.74) is 0.828. The van der Waals surface area contributed by atoms with Gasteiger partial charge in [0.1, 0.15) is 0 Å². The molecule has 0 aliphatic rings. The van der Waals surface area contributed by atoms with E-state index in [0.717, 1.165) is 0 Å². The van der Waals surface area contributed by atoms with E-state index in [9.17, 15) is 60.0 Å². The summed E-state index contributed by atoms with van der Waals surface area (Å²) < 4.78 is 2.05. The lowest BCUT2D eigenvalue weighted by Gasteiger charge is -2.26. The van der Waals surface area contributed by atoms with Crippen LogP contribution >= 0.6 is 0 Å². The van der Waals surface area contributed by atoms with Crippen LogP contribution in [0, 0.1) is 30.3 Å². The Kier molecular flexibility index (Phi) is 18.2. The first-order chi connectivity index (χ1) is 37.3. The smallest absolute Gasteiger partial charge is 0.336 e. The third-order valence-corrected chi connectivity index (χ3v) is 11.9. The first kappa shape index (κ1) is 55.8. The van der Waals surface area contributed by atoms with Crippen LogP contribution in [-0.2, 0) is 19.6 Å². The summed E-state index contributed by atoms with van der Waals surface area (Å²) in [5.74, 6) is 0. The number of nitro benzene ring substituents is 3. The topological polar surface area (TPSA) is 340 Å². The largest absolute Gasteiger partial charge is 0.389 e. The number of anilines is 3. The fourth-order valence-electron chi connectivity index (χ4n) is 7.81. The summed E-state index contributed by atoms with van der Waals surface area (Å²) in [6.07, 6.45) is -4.12. The van der Waals surface area contributed by atoms with Crippen molar-refractivity contribution < 1.29 is 30.1 Å². The van der Waals surface area contributed by atoms with Crippen molar-refractivity contribution in [2.24, 2.45) is 30.7 Å². The molecule has 0 radical (unpaired) electrons. The van der Waals surface area contributed by atoms with Crippen LogP contribution in [0.5, 0.6) is 0 Å². The molecule has 0 amide bonds. The van der Waals surface area contributed by atoms with Crippen molar-refractivity contribution in [2.45, 2.75) is 37.9 Å². The number of likely N-dealkylation sites (N-methyl/N-ethyl adjacent to an activating group) is 3. The van der Waals surface area contributed by atoms with E-state index in [2.05, 4.69) is 30.7 Å². The van der Waals surface area contributed by atoms with Crippen LogP contribution in [0.1, 0.15) is 0 Å². The lowest BCUT2D eigenvalue weighted by Crippen LogP contribution is -2.58. The van der Waals surface area contributed by atoms with Gasteiger partial charge in [-0.2, -0.15) is 30.7 Å². The van der Waals surface area contributed by atoms with Crippen molar-refractivity contribution >= 4 is 68.2 Å². The average Bonchev–Trinajstić information content (AvgIpc) is 3.48. The minimum atomic E-state index is -1.37. The van der Waals surface area contributed by atoms with Gasteiger partial charge in [-0.15, -0.1) is 0 Å². The molecule has 27 nitrogen and oxygen atoms in total. The van der Waals surface area contributed by atoms with Gasteiger partial charge >= 0.3 is 17.1 Å². The van der Waals surface area contributed by atoms with E-state index in [4.69, 9.17) is 0 Å². The molecule has 0 aliphatic heterocycles. The number of non-ortho nitro benzene ring substituents is 3. The lowest BCUT2D eigenvalue weighted by molar-refractivity contribution is -0.385. The maximum Gasteiger partial charge on any atom is 0.336 e.